The molecule has 1 atom stereocenters. The van der Waals surface area contributed by atoms with Gasteiger partial charge in [0.2, 0.25) is 0 Å². The summed E-state index contributed by atoms with van der Waals surface area (Å²) in [5.41, 5.74) is 1.31. The number of methoxy groups -OCH3 is 1. The van der Waals surface area contributed by atoms with Crippen molar-refractivity contribution >= 4 is 11.6 Å². The molecule has 2 aromatic carbocycles. The lowest BCUT2D eigenvalue weighted by atomic mass is 10.0. The molecule has 2 heterocycles. The van der Waals surface area contributed by atoms with Crippen LogP contribution in [0, 0.1) is 5.82 Å². The number of nitrogens with zero attached hydrogens (tertiary/aromatic N) is 3. The Labute approximate surface area is 171 Å². The van der Waals surface area contributed by atoms with Crippen LogP contribution in [-0.4, -0.2) is 68.1 Å². The largest absolute Gasteiger partial charge is 0.495 e. The van der Waals surface area contributed by atoms with E-state index in [9.17, 15) is 9.18 Å². The third-order valence-electron chi connectivity index (χ3n) is 6.04. The Bertz CT molecular complexity index is 852. The predicted octanol–water partition coefficient (Wildman–Crippen LogP) is 3.26. The third-order valence-corrected chi connectivity index (χ3v) is 6.04. The molecule has 2 saturated heterocycles. The zero-order valence-corrected chi connectivity index (χ0v) is 16.9. The molecule has 5 nitrogen and oxygen atoms in total. The van der Waals surface area contributed by atoms with Crippen molar-refractivity contribution in [2.75, 3.05) is 51.3 Å². The molecule has 4 rings (SSSR count). The zero-order valence-electron chi connectivity index (χ0n) is 16.9. The van der Waals surface area contributed by atoms with E-state index in [2.05, 4.69) is 15.9 Å². The summed E-state index contributed by atoms with van der Waals surface area (Å²) >= 11 is 0. The number of carbonyl (C=O) groups excluding carboxylic acids is 1. The van der Waals surface area contributed by atoms with Crippen LogP contribution in [0.3, 0.4) is 0 Å². The summed E-state index contributed by atoms with van der Waals surface area (Å²) in [4.78, 5) is 19.5. The first-order valence-corrected chi connectivity index (χ1v) is 10.3. The van der Waals surface area contributed by atoms with Crippen LogP contribution in [0.2, 0.25) is 0 Å². The number of anilines is 1. The fraction of sp³-hybridized carbons (Fsp3) is 0.435. The van der Waals surface area contributed by atoms with Crippen LogP contribution < -0.4 is 9.64 Å². The first-order chi connectivity index (χ1) is 14.2. The lowest BCUT2D eigenvalue weighted by molar-refractivity contribution is 0.0559. The summed E-state index contributed by atoms with van der Waals surface area (Å²) in [7, 11) is 1.71. The molecular formula is C23H28FN3O2. The molecular weight excluding hydrogens is 369 g/mol. The van der Waals surface area contributed by atoms with Crippen molar-refractivity contribution in [3.05, 3.63) is 59.9 Å². The Morgan fingerprint density at radius 1 is 1.00 bits per heavy atom. The maximum absolute atomic E-state index is 14.0. The van der Waals surface area contributed by atoms with Crippen LogP contribution in [0.4, 0.5) is 10.1 Å². The minimum atomic E-state index is -0.440. The number of likely N-dealkylation sites (tertiary alicyclic amines) is 1. The number of carbonyl (C=O) groups is 1. The van der Waals surface area contributed by atoms with Crippen molar-refractivity contribution < 1.29 is 13.9 Å². The Hall–Kier alpha value is -2.60. The second-order valence-corrected chi connectivity index (χ2v) is 7.72. The van der Waals surface area contributed by atoms with Crippen molar-refractivity contribution in [3.8, 4) is 5.75 Å². The first-order valence-electron chi connectivity index (χ1n) is 10.3. The second kappa shape index (κ2) is 8.82. The molecule has 0 unspecified atom stereocenters. The lowest BCUT2D eigenvalue weighted by Crippen LogP contribution is -2.56. The molecule has 154 valence electrons. The molecule has 0 aliphatic carbocycles. The number of para-hydroxylation sites is 2. The average molecular weight is 397 g/mol. The molecule has 0 N–H and O–H groups in total. The number of halogens is 1. The number of rotatable bonds is 4. The molecule has 6 heteroatoms. The number of ether oxygens (including phenoxy) is 1. The van der Waals surface area contributed by atoms with Crippen LogP contribution in [0.5, 0.6) is 5.75 Å². The van der Waals surface area contributed by atoms with Crippen molar-refractivity contribution in [1.82, 2.24) is 9.80 Å². The molecule has 0 saturated carbocycles. The summed E-state index contributed by atoms with van der Waals surface area (Å²) in [6.45, 7) is 5.12. The van der Waals surface area contributed by atoms with Crippen molar-refractivity contribution in [1.29, 1.82) is 0 Å². The van der Waals surface area contributed by atoms with Gasteiger partial charge in [0.05, 0.1) is 18.4 Å². The smallest absolute Gasteiger partial charge is 0.256 e. The summed E-state index contributed by atoms with van der Waals surface area (Å²) in [5.74, 6) is 0.269. The van der Waals surface area contributed by atoms with Crippen molar-refractivity contribution in [2.45, 2.75) is 18.9 Å². The minimum absolute atomic E-state index is 0.175. The van der Waals surface area contributed by atoms with Gasteiger partial charge in [-0.05, 0) is 37.1 Å². The fourth-order valence-electron chi connectivity index (χ4n) is 4.46. The number of hydrogen-bond donors (Lipinski definition) is 0. The van der Waals surface area contributed by atoms with Gasteiger partial charge in [0.1, 0.15) is 11.6 Å². The number of amides is 1. The third kappa shape index (κ3) is 4.22. The molecule has 2 aromatic rings. The van der Waals surface area contributed by atoms with Crippen molar-refractivity contribution in [3.63, 3.8) is 0 Å². The Morgan fingerprint density at radius 2 is 1.72 bits per heavy atom. The summed E-state index contributed by atoms with van der Waals surface area (Å²) in [6.07, 6.45) is 2.04. The van der Waals surface area contributed by atoms with E-state index in [0.29, 0.717) is 19.1 Å². The van der Waals surface area contributed by atoms with E-state index < -0.39 is 5.82 Å². The molecule has 2 aliphatic heterocycles. The van der Waals surface area contributed by atoms with E-state index in [1.807, 2.05) is 23.1 Å². The summed E-state index contributed by atoms with van der Waals surface area (Å²) in [6, 6.07) is 14.7. The van der Waals surface area contributed by atoms with E-state index in [4.69, 9.17) is 4.74 Å². The van der Waals surface area contributed by atoms with Crippen LogP contribution in [0.15, 0.2) is 48.5 Å². The highest BCUT2D eigenvalue weighted by Gasteiger charge is 2.31. The Balaban J connectivity index is 1.38. The molecule has 1 amide bonds. The summed E-state index contributed by atoms with van der Waals surface area (Å²) in [5, 5.41) is 0. The quantitative estimate of drug-likeness (QED) is 0.794. The van der Waals surface area contributed by atoms with Crippen LogP contribution >= 0.6 is 0 Å². The number of piperazine rings is 1. The van der Waals surface area contributed by atoms with E-state index in [1.54, 1.807) is 25.3 Å². The number of piperidine rings is 1. The Kier molecular flexibility index (Phi) is 6.00. The maximum atomic E-state index is 14.0. The SMILES string of the molecule is COc1ccccc1N1CCN([C@H]2CCCN(C(=O)c3ccccc3F)C2)CC1. The molecule has 0 aromatic heterocycles. The van der Waals surface area contributed by atoms with Gasteiger partial charge >= 0.3 is 0 Å². The van der Waals surface area contributed by atoms with Crippen LogP contribution in [-0.2, 0) is 0 Å². The molecule has 2 aliphatic rings. The molecule has 0 spiro atoms. The highest BCUT2D eigenvalue weighted by molar-refractivity contribution is 5.94. The normalized spacial score (nSPS) is 20.6. The van der Waals surface area contributed by atoms with E-state index in [0.717, 1.165) is 50.5 Å². The molecule has 0 bridgehead atoms. The second-order valence-electron chi connectivity index (χ2n) is 7.72. The van der Waals surface area contributed by atoms with Gasteiger partial charge in [0, 0.05) is 45.3 Å². The van der Waals surface area contributed by atoms with E-state index in [-0.39, 0.29) is 11.5 Å². The first kappa shape index (κ1) is 19.7. The minimum Gasteiger partial charge on any atom is -0.495 e. The van der Waals surface area contributed by atoms with Gasteiger partial charge in [-0.2, -0.15) is 0 Å². The molecule has 2 fully saturated rings. The van der Waals surface area contributed by atoms with Crippen LogP contribution in [0.25, 0.3) is 0 Å². The van der Waals surface area contributed by atoms with Gasteiger partial charge in [-0.3, -0.25) is 9.69 Å². The van der Waals surface area contributed by atoms with Crippen molar-refractivity contribution in [2.24, 2.45) is 0 Å². The predicted molar refractivity (Wildman–Crippen MR) is 112 cm³/mol. The molecule has 0 radical (unpaired) electrons. The van der Waals surface area contributed by atoms with Gasteiger partial charge in [0.15, 0.2) is 0 Å². The van der Waals surface area contributed by atoms with E-state index >= 15 is 0 Å². The van der Waals surface area contributed by atoms with Gasteiger partial charge in [0.25, 0.3) is 5.91 Å². The standard InChI is InChI=1S/C23H28FN3O2/c1-29-22-11-5-4-10-21(22)26-15-13-25(14-16-26)18-7-6-12-27(17-18)23(28)19-8-2-3-9-20(19)24/h2-5,8-11,18H,6-7,12-17H2,1H3/t18-/m0/s1. The molecule has 29 heavy (non-hydrogen) atoms. The average Bonchev–Trinajstić information content (AvgIpc) is 2.79. The maximum Gasteiger partial charge on any atom is 0.256 e. The van der Waals surface area contributed by atoms with Gasteiger partial charge in [-0.15, -0.1) is 0 Å². The van der Waals surface area contributed by atoms with Gasteiger partial charge in [-0.25, -0.2) is 4.39 Å². The fourth-order valence-corrected chi connectivity index (χ4v) is 4.46. The van der Waals surface area contributed by atoms with E-state index in [1.165, 1.54) is 6.07 Å². The number of hydrogen-bond acceptors (Lipinski definition) is 4. The number of benzene rings is 2. The monoisotopic (exact) mass is 397 g/mol. The summed E-state index contributed by atoms with van der Waals surface area (Å²) < 4.78 is 19.5. The lowest BCUT2D eigenvalue weighted by Gasteiger charge is -2.44. The highest BCUT2D eigenvalue weighted by atomic mass is 19.1. The highest BCUT2D eigenvalue weighted by Crippen LogP contribution is 2.29. The Morgan fingerprint density at radius 3 is 2.48 bits per heavy atom. The zero-order chi connectivity index (χ0) is 20.2. The van der Waals surface area contributed by atoms with Crippen LogP contribution in [0.1, 0.15) is 23.2 Å². The van der Waals surface area contributed by atoms with Gasteiger partial charge in [-0.1, -0.05) is 24.3 Å². The topological polar surface area (TPSA) is 36.0 Å². The van der Waals surface area contributed by atoms with Gasteiger partial charge < -0.3 is 14.5 Å².